The van der Waals surface area contributed by atoms with Crippen LogP contribution in [0.4, 0.5) is 0 Å². The molecule has 5 atom stereocenters. The van der Waals surface area contributed by atoms with E-state index in [1.165, 1.54) is 13.0 Å². The second-order valence-corrected chi connectivity index (χ2v) is 7.88. The molecule has 0 radical (unpaired) electrons. The van der Waals surface area contributed by atoms with Gasteiger partial charge >= 0.3 is 17.9 Å². The summed E-state index contributed by atoms with van der Waals surface area (Å²) in [5.74, 6) is -4.04. The van der Waals surface area contributed by atoms with Crippen molar-refractivity contribution in [1.29, 1.82) is 0 Å². The van der Waals surface area contributed by atoms with Gasteiger partial charge in [0.1, 0.15) is 12.7 Å². The molecule has 32 heavy (non-hydrogen) atoms. The van der Waals surface area contributed by atoms with Crippen LogP contribution >= 0.6 is 0 Å². The minimum atomic E-state index is -1.31. The van der Waals surface area contributed by atoms with Gasteiger partial charge in [-0.3, -0.25) is 4.79 Å². The highest BCUT2D eigenvalue weighted by Gasteiger charge is 2.53. The van der Waals surface area contributed by atoms with Crippen LogP contribution < -0.4 is 0 Å². The van der Waals surface area contributed by atoms with Crippen LogP contribution in [-0.2, 0) is 28.6 Å². The third kappa shape index (κ3) is 6.15. The van der Waals surface area contributed by atoms with E-state index in [0.29, 0.717) is 5.57 Å². The van der Waals surface area contributed by atoms with Gasteiger partial charge < -0.3 is 29.5 Å². The molecule has 0 aromatic rings. The molecule has 9 heteroatoms. The number of rotatable bonds is 10. The number of methoxy groups -OCH3 is 1. The minimum absolute atomic E-state index is 0.117. The molecule has 0 amide bonds. The van der Waals surface area contributed by atoms with Gasteiger partial charge in [-0.05, 0) is 23.5 Å². The topological polar surface area (TPSA) is 140 Å². The standard InChI is InChI=1S/C23H32O9/c1-7-23(5)10-17(32-22(29)16(12-25)8-9-31-15(4)26)18(14(3)21(28)30-6)20(27)19(23)13(2)11-24/h7-8,17-20,24-25,27H,1-3,9-12H2,4-6H3/b16-8-/t17-,18+,19+,20+,23-/m0/s1. The summed E-state index contributed by atoms with van der Waals surface area (Å²) in [6.07, 6.45) is 0.545. The van der Waals surface area contributed by atoms with Crippen molar-refractivity contribution < 1.29 is 43.9 Å². The third-order valence-corrected chi connectivity index (χ3v) is 5.73. The highest BCUT2D eigenvalue weighted by atomic mass is 16.6. The summed E-state index contributed by atoms with van der Waals surface area (Å²) >= 11 is 0. The van der Waals surface area contributed by atoms with Crippen molar-refractivity contribution in [2.45, 2.75) is 32.5 Å². The van der Waals surface area contributed by atoms with E-state index in [1.54, 1.807) is 13.0 Å². The highest BCUT2D eigenvalue weighted by molar-refractivity contribution is 5.90. The predicted octanol–water partition coefficient (Wildman–Crippen LogP) is 0.847. The predicted molar refractivity (Wildman–Crippen MR) is 115 cm³/mol. The maximum absolute atomic E-state index is 12.7. The van der Waals surface area contributed by atoms with Gasteiger partial charge in [-0.15, -0.1) is 6.58 Å². The SMILES string of the molecule is C=C[C@@]1(C)C[C@H](OC(=O)/C(=C\COC(C)=O)CO)[C@@H](C(=C)C(=O)OC)[C@@H](O)[C@H]1C(=C)CO. The number of hydrogen-bond acceptors (Lipinski definition) is 9. The van der Waals surface area contributed by atoms with E-state index in [2.05, 4.69) is 19.7 Å². The number of ether oxygens (including phenoxy) is 3. The van der Waals surface area contributed by atoms with Crippen molar-refractivity contribution in [2.75, 3.05) is 26.9 Å². The van der Waals surface area contributed by atoms with Gasteiger partial charge in [0.2, 0.25) is 0 Å². The van der Waals surface area contributed by atoms with Crippen LogP contribution in [0, 0.1) is 17.3 Å². The van der Waals surface area contributed by atoms with E-state index in [1.807, 2.05) is 0 Å². The Labute approximate surface area is 187 Å². The largest absolute Gasteiger partial charge is 0.466 e. The Balaban J connectivity index is 3.35. The van der Waals surface area contributed by atoms with Crippen molar-refractivity contribution in [3.8, 4) is 0 Å². The number of carbonyl (C=O) groups is 3. The molecule has 9 nitrogen and oxygen atoms in total. The number of aliphatic hydroxyl groups is 3. The highest BCUT2D eigenvalue weighted by Crippen LogP contribution is 2.50. The lowest BCUT2D eigenvalue weighted by atomic mass is 9.58. The summed E-state index contributed by atoms with van der Waals surface area (Å²) in [5.41, 5.74) is -0.804. The summed E-state index contributed by atoms with van der Waals surface area (Å²) in [6.45, 7) is 13.0. The van der Waals surface area contributed by atoms with Gasteiger partial charge in [0.05, 0.1) is 37.9 Å². The molecule has 0 aromatic heterocycles. The van der Waals surface area contributed by atoms with Gasteiger partial charge in [0.15, 0.2) is 0 Å². The molecule has 0 aliphatic heterocycles. The average molecular weight is 453 g/mol. The zero-order chi connectivity index (χ0) is 24.6. The van der Waals surface area contributed by atoms with Crippen molar-refractivity contribution in [3.05, 3.63) is 48.6 Å². The Hall–Kier alpha value is -2.75. The molecule has 0 bridgehead atoms. The van der Waals surface area contributed by atoms with Crippen LogP contribution in [0.5, 0.6) is 0 Å². The summed E-state index contributed by atoms with van der Waals surface area (Å²) in [5, 5.41) is 30.4. The summed E-state index contributed by atoms with van der Waals surface area (Å²) in [7, 11) is 1.16. The first-order valence-corrected chi connectivity index (χ1v) is 9.98. The molecule has 0 spiro atoms. The molecule has 0 unspecified atom stereocenters. The number of esters is 3. The molecule has 1 fully saturated rings. The molecule has 0 saturated heterocycles. The Morgan fingerprint density at radius 2 is 1.78 bits per heavy atom. The fourth-order valence-corrected chi connectivity index (χ4v) is 4.02. The molecule has 0 heterocycles. The number of carbonyl (C=O) groups excluding carboxylic acids is 3. The molecular weight excluding hydrogens is 420 g/mol. The van der Waals surface area contributed by atoms with E-state index in [0.717, 1.165) is 7.11 Å². The van der Waals surface area contributed by atoms with Crippen LogP contribution in [0.15, 0.2) is 48.6 Å². The summed E-state index contributed by atoms with van der Waals surface area (Å²) < 4.78 is 15.1. The number of aliphatic hydroxyl groups excluding tert-OH is 3. The first kappa shape index (κ1) is 27.3. The molecule has 1 aliphatic rings. The Morgan fingerprint density at radius 3 is 2.25 bits per heavy atom. The fraction of sp³-hybridized carbons (Fsp3) is 0.522. The smallest absolute Gasteiger partial charge is 0.336 e. The lowest BCUT2D eigenvalue weighted by Gasteiger charge is -2.50. The second kappa shape index (κ2) is 11.8. The van der Waals surface area contributed by atoms with Gasteiger partial charge in [-0.1, -0.05) is 26.2 Å². The van der Waals surface area contributed by atoms with E-state index in [9.17, 15) is 29.7 Å². The lowest BCUT2D eigenvalue weighted by Crippen LogP contribution is -2.54. The van der Waals surface area contributed by atoms with Gasteiger partial charge in [0.25, 0.3) is 0 Å². The number of allylic oxidation sites excluding steroid dienone is 1. The summed E-state index contributed by atoms with van der Waals surface area (Å²) in [6, 6.07) is 0. The fourth-order valence-electron chi connectivity index (χ4n) is 4.02. The molecule has 0 aromatic carbocycles. The maximum atomic E-state index is 12.7. The van der Waals surface area contributed by atoms with E-state index < -0.39 is 60.6 Å². The minimum Gasteiger partial charge on any atom is -0.466 e. The molecule has 1 saturated carbocycles. The third-order valence-electron chi connectivity index (χ3n) is 5.73. The van der Waals surface area contributed by atoms with Gasteiger partial charge in [0, 0.05) is 18.4 Å². The molecule has 3 N–H and O–H groups in total. The zero-order valence-corrected chi connectivity index (χ0v) is 18.7. The zero-order valence-electron chi connectivity index (χ0n) is 18.7. The van der Waals surface area contributed by atoms with Crippen molar-refractivity contribution in [2.24, 2.45) is 17.3 Å². The average Bonchev–Trinajstić information content (AvgIpc) is 2.75. The second-order valence-electron chi connectivity index (χ2n) is 7.88. The molecular formula is C23H32O9. The number of hydrogen-bond donors (Lipinski definition) is 3. The Kier molecular flexibility index (Phi) is 10.0. The van der Waals surface area contributed by atoms with Gasteiger partial charge in [-0.25, -0.2) is 9.59 Å². The Morgan fingerprint density at radius 1 is 1.16 bits per heavy atom. The van der Waals surface area contributed by atoms with Crippen molar-refractivity contribution in [3.63, 3.8) is 0 Å². The van der Waals surface area contributed by atoms with Crippen LogP contribution in [0.1, 0.15) is 20.3 Å². The monoisotopic (exact) mass is 452 g/mol. The molecule has 1 aliphatic carbocycles. The molecule has 178 valence electrons. The Bertz CT molecular complexity index is 797. The molecule has 1 rings (SSSR count). The van der Waals surface area contributed by atoms with Crippen molar-refractivity contribution in [1.82, 2.24) is 0 Å². The van der Waals surface area contributed by atoms with E-state index in [4.69, 9.17) is 14.2 Å². The van der Waals surface area contributed by atoms with Crippen LogP contribution in [-0.4, -0.2) is 72.4 Å². The maximum Gasteiger partial charge on any atom is 0.336 e. The first-order chi connectivity index (χ1) is 15.0. The van der Waals surface area contributed by atoms with Crippen LogP contribution in [0.2, 0.25) is 0 Å². The van der Waals surface area contributed by atoms with Crippen LogP contribution in [0.3, 0.4) is 0 Å². The summed E-state index contributed by atoms with van der Waals surface area (Å²) in [4.78, 5) is 35.8. The lowest BCUT2D eigenvalue weighted by molar-refractivity contribution is -0.161. The normalized spacial score (nSPS) is 27.8. The van der Waals surface area contributed by atoms with Crippen LogP contribution in [0.25, 0.3) is 0 Å². The van der Waals surface area contributed by atoms with E-state index >= 15 is 0 Å². The quantitative estimate of drug-likeness (QED) is 0.190. The first-order valence-electron chi connectivity index (χ1n) is 9.98. The van der Waals surface area contributed by atoms with Gasteiger partial charge in [-0.2, -0.15) is 0 Å². The van der Waals surface area contributed by atoms with Crippen molar-refractivity contribution >= 4 is 17.9 Å². The van der Waals surface area contributed by atoms with E-state index in [-0.39, 0.29) is 24.2 Å².